The quantitative estimate of drug-likeness (QED) is 0.357. The highest BCUT2D eigenvalue weighted by Gasteiger charge is 2.17. The van der Waals surface area contributed by atoms with E-state index in [-0.39, 0.29) is 17.5 Å². The third-order valence-corrected chi connectivity index (χ3v) is 5.82. The summed E-state index contributed by atoms with van der Waals surface area (Å²) in [4.78, 5) is 16.5. The van der Waals surface area contributed by atoms with E-state index in [9.17, 15) is 9.18 Å². The Bertz CT molecular complexity index is 1190. The average molecular weight is 430 g/mol. The largest absolute Gasteiger partial charge is 0.496 e. The number of rotatable bonds is 6. The number of halogens is 1. The number of fused-ring (bicyclic) bond motifs is 1. The SMILES string of the molecule is COc1ccccc1-c1nnc(SCC(=O)Nc2nc3ccc(F)cc3s2)n1N. The van der Waals surface area contributed by atoms with Gasteiger partial charge >= 0.3 is 0 Å². The highest BCUT2D eigenvalue weighted by molar-refractivity contribution is 7.99. The Balaban J connectivity index is 1.43. The van der Waals surface area contributed by atoms with Gasteiger partial charge in [0.25, 0.3) is 0 Å². The number of thioether (sulfide) groups is 1. The maximum atomic E-state index is 13.3. The first-order valence-corrected chi connectivity index (χ1v) is 10.2. The number of methoxy groups -OCH3 is 1. The molecule has 3 N–H and O–H groups in total. The average Bonchev–Trinajstić information content (AvgIpc) is 3.28. The van der Waals surface area contributed by atoms with Crippen LogP contribution in [0, 0.1) is 5.82 Å². The summed E-state index contributed by atoms with van der Waals surface area (Å²) in [6.07, 6.45) is 0. The van der Waals surface area contributed by atoms with Crippen LogP contribution in [0.2, 0.25) is 0 Å². The van der Waals surface area contributed by atoms with E-state index in [0.29, 0.717) is 37.6 Å². The summed E-state index contributed by atoms with van der Waals surface area (Å²) >= 11 is 2.35. The summed E-state index contributed by atoms with van der Waals surface area (Å²) in [6.45, 7) is 0. The molecule has 0 unspecified atom stereocenters. The van der Waals surface area contributed by atoms with Crippen LogP contribution in [0.15, 0.2) is 47.6 Å². The van der Waals surface area contributed by atoms with Crippen molar-refractivity contribution in [3.05, 3.63) is 48.3 Å². The smallest absolute Gasteiger partial charge is 0.236 e. The Morgan fingerprint density at radius 2 is 2.14 bits per heavy atom. The first-order valence-electron chi connectivity index (χ1n) is 8.38. The first kappa shape index (κ1) is 19.2. The number of nitrogen functional groups attached to an aromatic ring is 1. The minimum Gasteiger partial charge on any atom is -0.496 e. The van der Waals surface area contributed by atoms with Gasteiger partial charge in [-0.15, -0.1) is 10.2 Å². The van der Waals surface area contributed by atoms with Crippen molar-refractivity contribution in [3.8, 4) is 17.1 Å². The Labute approximate surface area is 172 Å². The monoisotopic (exact) mass is 430 g/mol. The van der Waals surface area contributed by atoms with Gasteiger partial charge in [0.1, 0.15) is 11.6 Å². The highest BCUT2D eigenvalue weighted by Crippen LogP contribution is 2.30. The van der Waals surface area contributed by atoms with Crippen LogP contribution in [-0.4, -0.2) is 38.6 Å². The van der Waals surface area contributed by atoms with Gasteiger partial charge in [0.2, 0.25) is 11.1 Å². The summed E-state index contributed by atoms with van der Waals surface area (Å²) in [5, 5.41) is 11.6. The molecule has 11 heteroatoms. The molecular weight excluding hydrogens is 415 g/mol. The number of hydrogen-bond donors (Lipinski definition) is 2. The van der Waals surface area contributed by atoms with Crippen LogP contribution >= 0.6 is 23.1 Å². The Morgan fingerprint density at radius 1 is 1.31 bits per heavy atom. The molecule has 29 heavy (non-hydrogen) atoms. The van der Waals surface area contributed by atoms with E-state index in [2.05, 4.69) is 20.5 Å². The van der Waals surface area contributed by atoms with E-state index >= 15 is 0 Å². The summed E-state index contributed by atoms with van der Waals surface area (Å²) < 4.78 is 20.6. The molecule has 0 aliphatic carbocycles. The molecule has 2 heterocycles. The fourth-order valence-electron chi connectivity index (χ4n) is 2.63. The number of nitrogens with zero attached hydrogens (tertiary/aromatic N) is 4. The molecular formula is C18H15FN6O2S2. The van der Waals surface area contributed by atoms with E-state index in [4.69, 9.17) is 10.6 Å². The zero-order chi connectivity index (χ0) is 20.4. The van der Waals surface area contributed by atoms with E-state index in [1.165, 1.54) is 28.1 Å². The number of aromatic nitrogens is 4. The van der Waals surface area contributed by atoms with E-state index in [1.54, 1.807) is 19.2 Å². The number of para-hydroxylation sites is 1. The van der Waals surface area contributed by atoms with Crippen molar-refractivity contribution in [2.75, 3.05) is 24.0 Å². The number of hydrogen-bond acceptors (Lipinski definition) is 8. The zero-order valence-corrected chi connectivity index (χ0v) is 16.8. The Morgan fingerprint density at radius 3 is 2.97 bits per heavy atom. The summed E-state index contributed by atoms with van der Waals surface area (Å²) in [5.41, 5.74) is 1.32. The standard InChI is InChI=1S/C18H15FN6O2S2/c1-27-13-5-3-2-4-11(13)16-23-24-18(25(16)20)28-9-15(26)22-17-21-12-7-6-10(19)8-14(12)29-17/h2-8H,9,20H2,1H3,(H,21,22,26). The lowest BCUT2D eigenvalue weighted by Crippen LogP contribution is -2.16. The van der Waals surface area contributed by atoms with Gasteiger partial charge in [-0.05, 0) is 30.3 Å². The van der Waals surface area contributed by atoms with Crippen molar-refractivity contribution in [3.63, 3.8) is 0 Å². The van der Waals surface area contributed by atoms with Crippen LogP contribution in [0.4, 0.5) is 9.52 Å². The Hall–Kier alpha value is -3.18. The lowest BCUT2D eigenvalue weighted by atomic mass is 10.2. The number of nitrogens with one attached hydrogen (secondary N) is 1. The molecule has 0 bridgehead atoms. The molecule has 148 valence electrons. The van der Waals surface area contributed by atoms with Crippen LogP contribution in [0.3, 0.4) is 0 Å². The number of amides is 1. The van der Waals surface area contributed by atoms with Gasteiger partial charge < -0.3 is 15.9 Å². The van der Waals surface area contributed by atoms with E-state index in [0.717, 1.165) is 11.8 Å². The van der Waals surface area contributed by atoms with Crippen molar-refractivity contribution in [1.82, 2.24) is 19.9 Å². The van der Waals surface area contributed by atoms with Crippen LogP contribution in [0.5, 0.6) is 5.75 Å². The van der Waals surface area contributed by atoms with Gasteiger partial charge in [0.15, 0.2) is 11.0 Å². The number of thiazole rings is 1. The molecule has 0 aliphatic heterocycles. The molecule has 4 aromatic rings. The molecule has 1 amide bonds. The van der Waals surface area contributed by atoms with Gasteiger partial charge in [-0.3, -0.25) is 4.79 Å². The summed E-state index contributed by atoms with van der Waals surface area (Å²) in [7, 11) is 1.56. The molecule has 0 spiro atoms. The van der Waals surface area contributed by atoms with Gasteiger partial charge in [0, 0.05) is 0 Å². The molecule has 0 atom stereocenters. The highest BCUT2D eigenvalue weighted by atomic mass is 32.2. The van der Waals surface area contributed by atoms with Crippen molar-refractivity contribution < 1.29 is 13.9 Å². The summed E-state index contributed by atoms with van der Waals surface area (Å²) in [6, 6.07) is 11.6. The Kier molecular flexibility index (Phi) is 5.32. The van der Waals surface area contributed by atoms with Gasteiger partial charge in [-0.2, -0.15) is 0 Å². The fraction of sp³-hybridized carbons (Fsp3) is 0.111. The van der Waals surface area contributed by atoms with Gasteiger partial charge in [-0.1, -0.05) is 35.2 Å². The van der Waals surface area contributed by atoms with E-state index < -0.39 is 0 Å². The second kappa shape index (κ2) is 8.05. The van der Waals surface area contributed by atoms with Crippen LogP contribution in [-0.2, 0) is 4.79 Å². The maximum absolute atomic E-state index is 13.3. The molecule has 8 nitrogen and oxygen atoms in total. The number of carbonyl (C=O) groups is 1. The van der Waals surface area contributed by atoms with Gasteiger partial charge in [-0.25, -0.2) is 14.1 Å². The predicted molar refractivity (Wildman–Crippen MR) is 111 cm³/mol. The molecule has 0 fully saturated rings. The van der Waals surface area contributed by atoms with Crippen molar-refractivity contribution in [1.29, 1.82) is 0 Å². The molecule has 2 aromatic heterocycles. The van der Waals surface area contributed by atoms with Gasteiger partial charge in [0.05, 0.1) is 28.6 Å². The van der Waals surface area contributed by atoms with Crippen molar-refractivity contribution >= 4 is 44.4 Å². The maximum Gasteiger partial charge on any atom is 0.236 e. The topological polar surface area (TPSA) is 108 Å². The number of carbonyl (C=O) groups excluding carboxylic acids is 1. The molecule has 4 rings (SSSR count). The predicted octanol–water partition coefficient (Wildman–Crippen LogP) is 3.15. The molecule has 0 saturated heterocycles. The minimum absolute atomic E-state index is 0.0611. The second-order valence-corrected chi connectivity index (χ2v) is 7.82. The number of ether oxygens (including phenoxy) is 1. The normalized spacial score (nSPS) is 11.0. The summed E-state index contributed by atoms with van der Waals surface area (Å²) in [5.74, 6) is 6.58. The third kappa shape index (κ3) is 4.00. The lowest BCUT2D eigenvalue weighted by Gasteiger charge is -2.07. The first-order chi connectivity index (χ1) is 14.0. The minimum atomic E-state index is -0.345. The molecule has 0 saturated carbocycles. The fourth-order valence-corrected chi connectivity index (χ4v) is 4.19. The molecule has 0 radical (unpaired) electrons. The second-order valence-electron chi connectivity index (χ2n) is 5.84. The van der Waals surface area contributed by atoms with Crippen molar-refractivity contribution in [2.45, 2.75) is 5.16 Å². The number of benzene rings is 2. The van der Waals surface area contributed by atoms with Crippen LogP contribution < -0.4 is 15.9 Å². The molecule has 0 aliphatic rings. The number of anilines is 1. The lowest BCUT2D eigenvalue weighted by molar-refractivity contribution is -0.113. The third-order valence-electron chi connectivity index (χ3n) is 3.94. The number of nitrogens with two attached hydrogens (primary N) is 1. The van der Waals surface area contributed by atoms with Crippen molar-refractivity contribution in [2.24, 2.45) is 0 Å². The van der Waals surface area contributed by atoms with Crippen LogP contribution in [0.25, 0.3) is 21.6 Å². The van der Waals surface area contributed by atoms with E-state index in [1.807, 2.05) is 18.2 Å². The molecule has 2 aromatic carbocycles. The van der Waals surface area contributed by atoms with Crippen LogP contribution in [0.1, 0.15) is 0 Å². The zero-order valence-electron chi connectivity index (χ0n) is 15.1.